The average molecular weight is 433 g/mol. The fourth-order valence-corrected chi connectivity index (χ4v) is 3.32. The maximum Gasteiger partial charge on any atom is 0.387 e. The first-order valence-corrected chi connectivity index (χ1v) is 10.5. The van der Waals surface area contributed by atoms with Crippen LogP contribution < -0.4 is 20.3 Å². The molecule has 1 saturated heterocycles. The molecule has 2 heterocycles. The summed E-state index contributed by atoms with van der Waals surface area (Å²) in [5.74, 6) is 1.73. The summed E-state index contributed by atoms with van der Waals surface area (Å²) in [4.78, 5) is 13.7. The van der Waals surface area contributed by atoms with Crippen LogP contribution in [0.3, 0.4) is 0 Å². The third-order valence-corrected chi connectivity index (χ3v) is 5.04. The summed E-state index contributed by atoms with van der Waals surface area (Å²) in [6.45, 7) is 4.56. The van der Waals surface area contributed by atoms with Gasteiger partial charge in [0.2, 0.25) is 0 Å². The molecule has 0 amide bonds. The summed E-state index contributed by atoms with van der Waals surface area (Å²) in [5, 5.41) is 6.37. The summed E-state index contributed by atoms with van der Waals surface area (Å²) in [6.07, 6.45) is 1.82. The Balaban J connectivity index is 1.63. The van der Waals surface area contributed by atoms with E-state index in [1.807, 2.05) is 19.2 Å². The second kappa shape index (κ2) is 11.5. The highest BCUT2D eigenvalue weighted by Crippen LogP contribution is 2.20. The van der Waals surface area contributed by atoms with Crippen molar-refractivity contribution >= 4 is 11.8 Å². The molecule has 0 bridgehead atoms. The zero-order valence-electron chi connectivity index (χ0n) is 18.0. The Bertz CT molecular complexity index is 855. The van der Waals surface area contributed by atoms with Crippen LogP contribution in [-0.2, 0) is 13.1 Å². The molecule has 0 spiro atoms. The van der Waals surface area contributed by atoms with Gasteiger partial charge in [0.15, 0.2) is 5.96 Å². The van der Waals surface area contributed by atoms with E-state index in [0.717, 1.165) is 37.6 Å². The van der Waals surface area contributed by atoms with Crippen LogP contribution in [0.1, 0.15) is 18.1 Å². The van der Waals surface area contributed by atoms with Crippen LogP contribution in [0.25, 0.3) is 0 Å². The van der Waals surface area contributed by atoms with Gasteiger partial charge in [0.05, 0.1) is 6.54 Å². The van der Waals surface area contributed by atoms with Crippen molar-refractivity contribution in [1.29, 1.82) is 0 Å². The number of ether oxygens (including phenoxy) is 1. The van der Waals surface area contributed by atoms with E-state index < -0.39 is 6.61 Å². The Labute approximate surface area is 182 Å². The van der Waals surface area contributed by atoms with E-state index in [4.69, 9.17) is 0 Å². The van der Waals surface area contributed by atoms with Gasteiger partial charge in [-0.2, -0.15) is 8.78 Å². The third kappa shape index (κ3) is 7.06. The number of anilines is 1. The lowest BCUT2D eigenvalue weighted by Crippen LogP contribution is -2.44. The standard InChI is InChI=1S/C22H30F2N6O/c1-3-25-22(28-16-18-6-4-5-7-19(18)31-21(23)24)27-15-17-8-9-26-20(14-17)30-12-10-29(2)11-13-30/h4-9,14,21H,3,10-13,15-16H2,1-2H3,(H2,25,27,28). The Morgan fingerprint density at radius 1 is 1.16 bits per heavy atom. The second-order valence-electron chi connectivity index (χ2n) is 7.35. The molecule has 2 N–H and O–H groups in total. The van der Waals surface area contributed by atoms with Crippen LogP contribution in [0.2, 0.25) is 0 Å². The quantitative estimate of drug-likeness (QED) is 0.494. The molecule has 31 heavy (non-hydrogen) atoms. The van der Waals surface area contributed by atoms with Gasteiger partial charge in [-0.1, -0.05) is 18.2 Å². The molecule has 168 valence electrons. The molecular formula is C22H30F2N6O. The highest BCUT2D eigenvalue weighted by Gasteiger charge is 2.15. The van der Waals surface area contributed by atoms with Crippen molar-refractivity contribution < 1.29 is 13.5 Å². The number of hydrogen-bond acceptors (Lipinski definition) is 5. The van der Waals surface area contributed by atoms with E-state index in [0.29, 0.717) is 31.2 Å². The number of piperazine rings is 1. The molecule has 0 atom stereocenters. The molecule has 0 saturated carbocycles. The predicted molar refractivity (Wildman–Crippen MR) is 119 cm³/mol. The molecular weight excluding hydrogens is 402 g/mol. The largest absolute Gasteiger partial charge is 0.434 e. The number of pyridine rings is 1. The first-order valence-electron chi connectivity index (χ1n) is 10.5. The molecule has 9 heteroatoms. The van der Waals surface area contributed by atoms with Crippen molar-refractivity contribution in [3.63, 3.8) is 0 Å². The van der Waals surface area contributed by atoms with Gasteiger partial charge >= 0.3 is 6.61 Å². The molecule has 1 fully saturated rings. The number of rotatable bonds is 8. The normalized spacial score (nSPS) is 15.3. The van der Waals surface area contributed by atoms with Crippen LogP contribution in [0, 0.1) is 0 Å². The van der Waals surface area contributed by atoms with E-state index in [2.05, 4.69) is 48.3 Å². The number of hydrogen-bond donors (Lipinski definition) is 2. The zero-order chi connectivity index (χ0) is 22.1. The van der Waals surface area contributed by atoms with Crippen molar-refractivity contribution in [2.45, 2.75) is 26.6 Å². The van der Waals surface area contributed by atoms with E-state index in [-0.39, 0.29) is 5.75 Å². The van der Waals surface area contributed by atoms with E-state index in [1.165, 1.54) is 6.07 Å². The Morgan fingerprint density at radius 3 is 2.68 bits per heavy atom. The van der Waals surface area contributed by atoms with Gasteiger partial charge < -0.3 is 25.2 Å². The topological polar surface area (TPSA) is 65.0 Å². The smallest absolute Gasteiger partial charge is 0.387 e. The molecule has 0 unspecified atom stereocenters. The van der Waals surface area contributed by atoms with Crippen LogP contribution in [-0.4, -0.2) is 62.2 Å². The number of benzene rings is 1. The molecule has 3 rings (SSSR count). The van der Waals surface area contributed by atoms with E-state index in [9.17, 15) is 8.78 Å². The number of nitrogens with one attached hydrogen (secondary N) is 2. The molecule has 0 aliphatic carbocycles. The maximum atomic E-state index is 12.6. The highest BCUT2D eigenvalue weighted by atomic mass is 19.3. The first kappa shape index (κ1) is 22.7. The molecule has 0 radical (unpaired) electrons. The van der Waals surface area contributed by atoms with Crippen molar-refractivity contribution in [3.8, 4) is 5.75 Å². The number of aromatic nitrogens is 1. The molecule has 7 nitrogen and oxygen atoms in total. The minimum atomic E-state index is -2.86. The monoisotopic (exact) mass is 432 g/mol. The fourth-order valence-electron chi connectivity index (χ4n) is 3.32. The third-order valence-electron chi connectivity index (χ3n) is 5.04. The van der Waals surface area contributed by atoms with Gasteiger partial charge in [0, 0.05) is 51.0 Å². The summed E-state index contributed by atoms with van der Waals surface area (Å²) in [7, 11) is 2.13. The highest BCUT2D eigenvalue weighted by molar-refractivity contribution is 5.79. The second-order valence-corrected chi connectivity index (χ2v) is 7.35. The number of aliphatic imine (C=N–C) groups is 1. The summed E-state index contributed by atoms with van der Waals surface area (Å²) >= 11 is 0. The summed E-state index contributed by atoms with van der Waals surface area (Å²) in [6, 6.07) is 10.8. The number of halogens is 2. The fraction of sp³-hybridized carbons (Fsp3) is 0.455. The maximum absolute atomic E-state index is 12.6. The molecule has 1 aliphatic rings. The zero-order valence-corrected chi connectivity index (χ0v) is 18.0. The molecule has 2 aromatic rings. The number of nitrogens with zero attached hydrogens (tertiary/aromatic N) is 4. The van der Waals surface area contributed by atoms with E-state index in [1.54, 1.807) is 18.2 Å². The van der Waals surface area contributed by atoms with Gasteiger partial charge in [-0.15, -0.1) is 0 Å². The number of para-hydroxylation sites is 1. The van der Waals surface area contributed by atoms with Crippen LogP contribution >= 0.6 is 0 Å². The van der Waals surface area contributed by atoms with Gasteiger partial charge in [0.1, 0.15) is 11.6 Å². The number of alkyl halides is 2. The molecule has 1 aromatic heterocycles. The van der Waals surface area contributed by atoms with Gasteiger partial charge in [-0.05, 0) is 37.7 Å². The Hall–Kier alpha value is -2.94. The summed E-state index contributed by atoms with van der Waals surface area (Å²) < 4.78 is 29.8. The first-order chi connectivity index (χ1) is 15.0. The summed E-state index contributed by atoms with van der Waals surface area (Å²) in [5.41, 5.74) is 1.69. The lowest BCUT2D eigenvalue weighted by atomic mass is 10.2. The van der Waals surface area contributed by atoms with Crippen molar-refractivity contribution in [3.05, 3.63) is 53.7 Å². The minimum absolute atomic E-state index is 0.159. The van der Waals surface area contributed by atoms with Crippen molar-refractivity contribution in [2.24, 2.45) is 4.99 Å². The van der Waals surface area contributed by atoms with Crippen molar-refractivity contribution in [1.82, 2.24) is 20.5 Å². The Morgan fingerprint density at radius 2 is 1.94 bits per heavy atom. The lowest BCUT2D eigenvalue weighted by Gasteiger charge is -2.33. The molecule has 1 aliphatic heterocycles. The van der Waals surface area contributed by atoms with Crippen LogP contribution in [0.4, 0.5) is 14.6 Å². The van der Waals surface area contributed by atoms with Gasteiger partial charge in [0.25, 0.3) is 0 Å². The van der Waals surface area contributed by atoms with Crippen LogP contribution in [0.5, 0.6) is 5.75 Å². The molecule has 1 aromatic carbocycles. The number of likely N-dealkylation sites (N-methyl/N-ethyl adjacent to an activating group) is 1. The van der Waals surface area contributed by atoms with Crippen LogP contribution in [0.15, 0.2) is 47.6 Å². The van der Waals surface area contributed by atoms with Gasteiger partial charge in [-0.3, -0.25) is 0 Å². The SMILES string of the molecule is CCNC(=NCc1ccnc(N2CCN(C)CC2)c1)NCc1ccccc1OC(F)F. The van der Waals surface area contributed by atoms with Gasteiger partial charge in [-0.25, -0.2) is 9.98 Å². The van der Waals surface area contributed by atoms with E-state index >= 15 is 0 Å². The number of guanidine groups is 1. The predicted octanol–water partition coefficient (Wildman–Crippen LogP) is 2.69. The minimum Gasteiger partial charge on any atom is -0.434 e. The average Bonchev–Trinajstić information content (AvgIpc) is 2.77. The van der Waals surface area contributed by atoms with Crippen molar-refractivity contribution in [2.75, 3.05) is 44.7 Å². The Kier molecular flexibility index (Phi) is 8.40. The lowest BCUT2D eigenvalue weighted by molar-refractivity contribution is -0.0504.